The Labute approximate surface area is 144 Å². The first-order valence-electron chi connectivity index (χ1n) is 8.05. The van der Waals surface area contributed by atoms with Gasteiger partial charge in [-0.05, 0) is 32.8 Å². The van der Waals surface area contributed by atoms with Gasteiger partial charge < -0.3 is 4.90 Å². The standard InChI is InChI=1S/C17H19N5OS/c1-11-8-14(12(2)22(11)17-18-5-7-24-17)16(23)21-6-3-4-15(21)13-9-19-20-10-13/h5,7-10,15H,3-4,6H2,1-2H3,(H,19,20). The first kappa shape index (κ1) is 15.1. The average molecular weight is 341 g/mol. The van der Waals surface area contributed by atoms with Gasteiger partial charge in [-0.3, -0.25) is 14.5 Å². The zero-order valence-corrected chi connectivity index (χ0v) is 14.5. The van der Waals surface area contributed by atoms with Crippen LogP contribution in [-0.2, 0) is 0 Å². The Morgan fingerprint density at radius 3 is 3.00 bits per heavy atom. The van der Waals surface area contributed by atoms with Crippen molar-refractivity contribution >= 4 is 17.2 Å². The highest BCUT2D eigenvalue weighted by atomic mass is 32.1. The Kier molecular flexibility index (Phi) is 3.72. The molecular weight excluding hydrogens is 322 g/mol. The number of aromatic nitrogens is 4. The number of hydrogen-bond donors (Lipinski definition) is 1. The van der Waals surface area contributed by atoms with Crippen molar-refractivity contribution in [3.8, 4) is 5.13 Å². The van der Waals surface area contributed by atoms with Gasteiger partial charge in [-0.25, -0.2) is 4.98 Å². The molecule has 4 heterocycles. The molecule has 4 rings (SSSR count). The maximum absolute atomic E-state index is 13.2. The Bertz CT molecular complexity index is 850. The molecule has 3 aromatic heterocycles. The Morgan fingerprint density at radius 2 is 2.29 bits per heavy atom. The third-order valence-electron chi connectivity index (χ3n) is 4.69. The van der Waals surface area contributed by atoms with Crippen LogP contribution in [0.3, 0.4) is 0 Å². The number of nitrogens with zero attached hydrogens (tertiary/aromatic N) is 4. The molecule has 1 fully saturated rings. The molecule has 1 amide bonds. The van der Waals surface area contributed by atoms with Crippen molar-refractivity contribution in [2.45, 2.75) is 32.7 Å². The summed E-state index contributed by atoms with van der Waals surface area (Å²) in [5.74, 6) is 0.0922. The smallest absolute Gasteiger partial charge is 0.256 e. The number of H-pyrrole nitrogens is 1. The zero-order chi connectivity index (χ0) is 16.7. The van der Waals surface area contributed by atoms with Crippen LogP contribution in [0, 0.1) is 13.8 Å². The van der Waals surface area contributed by atoms with E-state index in [1.807, 2.05) is 42.6 Å². The number of carbonyl (C=O) groups excluding carboxylic acids is 1. The lowest BCUT2D eigenvalue weighted by atomic mass is 10.1. The quantitative estimate of drug-likeness (QED) is 0.795. The minimum absolute atomic E-state index is 0.0922. The highest BCUT2D eigenvalue weighted by molar-refractivity contribution is 7.12. The molecule has 0 spiro atoms. The van der Waals surface area contributed by atoms with Crippen LogP contribution in [0.4, 0.5) is 0 Å². The highest BCUT2D eigenvalue weighted by Gasteiger charge is 2.32. The fourth-order valence-electron chi connectivity index (χ4n) is 3.55. The molecule has 1 saturated heterocycles. The van der Waals surface area contributed by atoms with Crippen molar-refractivity contribution in [1.82, 2.24) is 24.6 Å². The molecule has 0 aliphatic carbocycles. The van der Waals surface area contributed by atoms with Gasteiger partial charge in [0.05, 0.1) is 17.8 Å². The molecule has 0 aromatic carbocycles. The van der Waals surface area contributed by atoms with E-state index in [-0.39, 0.29) is 11.9 Å². The van der Waals surface area contributed by atoms with Gasteiger partial charge in [0.2, 0.25) is 0 Å². The van der Waals surface area contributed by atoms with Crippen LogP contribution in [0.1, 0.15) is 46.2 Å². The van der Waals surface area contributed by atoms with Crippen molar-refractivity contribution in [2.24, 2.45) is 0 Å². The van der Waals surface area contributed by atoms with Gasteiger partial charge in [0, 0.05) is 41.3 Å². The summed E-state index contributed by atoms with van der Waals surface area (Å²) < 4.78 is 2.06. The highest BCUT2D eigenvalue weighted by Crippen LogP contribution is 2.34. The first-order chi connectivity index (χ1) is 11.7. The zero-order valence-electron chi connectivity index (χ0n) is 13.7. The van der Waals surface area contributed by atoms with Gasteiger partial charge in [-0.15, -0.1) is 11.3 Å². The van der Waals surface area contributed by atoms with Gasteiger partial charge >= 0.3 is 0 Å². The summed E-state index contributed by atoms with van der Waals surface area (Å²) in [6.07, 6.45) is 7.49. The number of rotatable bonds is 3. The molecule has 24 heavy (non-hydrogen) atoms. The number of hydrogen-bond acceptors (Lipinski definition) is 4. The lowest BCUT2D eigenvalue weighted by Gasteiger charge is -2.24. The van der Waals surface area contributed by atoms with Crippen molar-refractivity contribution < 1.29 is 4.79 Å². The maximum atomic E-state index is 13.2. The maximum Gasteiger partial charge on any atom is 0.256 e. The van der Waals surface area contributed by atoms with Crippen molar-refractivity contribution in [1.29, 1.82) is 0 Å². The molecule has 1 atom stereocenters. The number of aryl methyl sites for hydroxylation is 1. The Hall–Kier alpha value is -2.41. The van der Waals surface area contributed by atoms with E-state index in [2.05, 4.69) is 19.7 Å². The minimum Gasteiger partial charge on any atom is -0.331 e. The van der Waals surface area contributed by atoms with Gasteiger partial charge in [0.1, 0.15) is 0 Å². The summed E-state index contributed by atoms with van der Waals surface area (Å²) in [4.78, 5) is 19.5. The lowest BCUT2D eigenvalue weighted by molar-refractivity contribution is 0.0735. The van der Waals surface area contributed by atoms with E-state index in [0.29, 0.717) is 0 Å². The summed E-state index contributed by atoms with van der Waals surface area (Å²) >= 11 is 1.57. The first-order valence-corrected chi connectivity index (χ1v) is 8.93. The number of nitrogens with one attached hydrogen (secondary N) is 1. The lowest BCUT2D eigenvalue weighted by Crippen LogP contribution is -2.30. The van der Waals surface area contributed by atoms with Crippen molar-refractivity contribution in [2.75, 3.05) is 6.54 Å². The number of amides is 1. The second-order valence-corrected chi connectivity index (χ2v) is 7.00. The molecule has 124 valence electrons. The number of likely N-dealkylation sites (tertiary alicyclic amines) is 1. The third kappa shape index (κ3) is 2.36. The van der Waals surface area contributed by atoms with Crippen LogP contribution in [0.15, 0.2) is 30.0 Å². The molecule has 1 N–H and O–H groups in total. The van der Waals surface area contributed by atoms with E-state index in [9.17, 15) is 4.79 Å². The van der Waals surface area contributed by atoms with Crippen LogP contribution in [-0.4, -0.2) is 37.1 Å². The normalized spacial score (nSPS) is 17.6. The summed E-state index contributed by atoms with van der Waals surface area (Å²) in [7, 11) is 0. The van der Waals surface area contributed by atoms with Gasteiger partial charge in [0.15, 0.2) is 5.13 Å². The van der Waals surface area contributed by atoms with Crippen molar-refractivity contribution in [3.63, 3.8) is 0 Å². The van der Waals surface area contributed by atoms with Crippen LogP contribution in [0.5, 0.6) is 0 Å². The fourth-order valence-corrected chi connectivity index (χ4v) is 4.31. The molecule has 1 aliphatic rings. The second kappa shape index (κ2) is 5.90. The average Bonchev–Trinajstić information content (AvgIpc) is 3.34. The predicted octanol–water partition coefficient (Wildman–Crippen LogP) is 3.25. The summed E-state index contributed by atoms with van der Waals surface area (Å²) in [6.45, 7) is 4.79. The molecule has 1 unspecified atom stereocenters. The number of carbonyl (C=O) groups is 1. The van der Waals surface area contributed by atoms with E-state index < -0.39 is 0 Å². The van der Waals surface area contributed by atoms with Crippen LogP contribution >= 0.6 is 11.3 Å². The summed E-state index contributed by atoms with van der Waals surface area (Å²) in [5.41, 5.74) is 3.82. The monoisotopic (exact) mass is 341 g/mol. The Balaban J connectivity index is 1.69. The Morgan fingerprint density at radius 1 is 1.42 bits per heavy atom. The topological polar surface area (TPSA) is 66.8 Å². The van der Waals surface area contributed by atoms with E-state index >= 15 is 0 Å². The van der Waals surface area contributed by atoms with Crippen LogP contribution in [0.2, 0.25) is 0 Å². The SMILES string of the molecule is Cc1cc(C(=O)N2CCCC2c2cn[nH]c2)c(C)n1-c1nccs1. The summed E-state index contributed by atoms with van der Waals surface area (Å²) in [6, 6.07) is 2.09. The van der Waals surface area contributed by atoms with Gasteiger partial charge in [-0.1, -0.05) is 0 Å². The molecule has 1 aliphatic heterocycles. The van der Waals surface area contributed by atoms with Crippen molar-refractivity contribution in [3.05, 3.63) is 52.6 Å². The molecule has 0 saturated carbocycles. The van der Waals surface area contributed by atoms with E-state index in [0.717, 1.165) is 47.0 Å². The summed E-state index contributed by atoms with van der Waals surface area (Å²) in [5, 5.41) is 9.73. The number of thiazole rings is 1. The molecule has 6 nitrogen and oxygen atoms in total. The largest absolute Gasteiger partial charge is 0.331 e. The van der Waals surface area contributed by atoms with E-state index in [1.165, 1.54) is 0 Å². The third-order valence-corrected chi connectivity index (χ3v) is 5.45. The van der Waals surface area contributed by atoms with Gasteiger partial charge in [0.25, 0.3) is 5.91 Å². The van der Waals surface area contributed by atoms with E-state index in [4.69, 9.17) is 0 Å². The van der Waals surface area contributed by atoms with Crippen LogP contribution in [0.25, 0.3) is 5.13 Å². The molecule has 0 radical (unpaired) electrons. The number of aromatic amines is 1. The second-order valence-electron chi connectivity index (χ2n) is 6.12. The van der Waals surface area contributed by atoms with E-state index in [1.54, 1.807) is 17.5 Å². The van der Waals surface area contributed by atoms with Gasteiger partial charge in [-0.2, -0.15) is 5.10 Å². The molecule has 7 heteroatoms. The molecule has 3 aromatic rings. The molecule has 0 bridgehead atoms. The minimum atomic E-state index is 0.0922. The fraction of sp³-hybridized carbons (Fsp3) is 0.353. The predicted molar refractivity (Wildman–Crippen MR) is 92.5 cm³/mol. The van der Waals surface area contributed by atoms with Crippen LogP contribution < -0.4 is 0 Å². The molecular formula is C17H19N5OS.